The fourth-order valence-corrected chi connectivity index (χ4v) is 4.85. The first-order valence-electron chi connectivity index (χ1n) is 10.9. The second-order valence-electron chi connectivity index (χ2n) is 7.87. The number of amidine groups is 1. The summed E-state index contributed by atoms with van der Waals surface area (Å²) in [6.07, 6.45) is -0.338. The lowest BCUT2D eigenvalue weighted by molar-refractivity contribution is -0.117. The van der Waals surface area contributed by atoms with E-state index in [1.165, 1.54) is 17.3 Å². The summed E-state index contributed by atoms with van der Waals surface area (Å²) < 4.78 is 8.15. The van der Waals surface area contributed by atoms with E-state index in [0.717, 1.165) is 23.7 Å². The maximum absolute atomic E-state index is 12.4. The van der Waals surface area contributed by atoms with Crippen molar-refractivity contribution >= 4 is 34.6 Å². The fourth-order valence-electron chi connectivity index (χ4n) is 3.34. The first kappa shape index (κ1) is 23.4. The molecule has 4 rings (SSSR count). The Labute approximate surface area is 202 Å². The molecule has 7 nitrogen and oxygen atoms in total. The van der Waals surface area contributed by atoms with Gasteiger partial charge in [-0.1, -0.05) is 67.7 Å². The van der Waals surface area contributed by atoms with Gasteiger partial charge in [-0.05, 0) is 42.7 Å². The second kappa shape index (κ2) is 10.9. The van der Waals surface area contributed by atoms with Gasteiger partial charge in [-0.15, -0.1) is 10.2 Å². The van der Waals surface area contributed by atoms with Gasteiger partial charge in [0, 0.05) is 11.4 Å². The van der Waals surface area contributed by atoms with E-state index in [0.29, 0.717) is 22.1 Å². The lowest BCUT2D eigenvalue weighted by Gasteiger charge is -2.17. The average molecular weight is 482 g/mol. The van der Waals surface area contributed by atoms with E-state index in [2.05, 4.69) is 46.5 Å². The molecular weight excluding hydrogens is 454 g/mol. The summed E-state index contributed by atoms with van der Waals surface area (Å²) in [6.45, 7) is 7.04. The van der Waals surface area contributed by atoms with Gasteiger partial charge in [0.1, 0.15) is 5.75 Å². The molecular formula is C24H27N5O2S2. The van der Waals surface area contributed by atoms with Crippen LogP contribution in [0.5, 0.6) is 5.75 Å². The molecule has 0 spiro atoms. The fraction of sp³-hybridized carbons (Fsp3) is 0.333. The van der Waals surface area contributed by atoms with Crippen molar-refractivity contribution in [2.75, 3.05) is 18.1 Å². The Bertz CT molecular complexity index is 1110. The lowest BCUT2D eigenvalue weighted by Crippen LogP contribution is -2.29. The zero-order valence-electron chi connectivity index (χ0n) is 18.9. The molecule has 1 atom stereocenters. The molecule has 1 amide bonds. The predicted octanol–water partition coefficient (Wildman–Crippen LogP) is 4.84. The number of aliphatic imine (C=N–C) groups is 1. The first-order valence-corrected chi connectivity index (χ1v) is 12.9. The van der Waals surface area contributed by atoms with Crippen LogP contribution in [0, 0.1) is 0 Å². The highest BCUT2D eigenvalue weighted by atomic mass is 32.2. The van der Waals surface area contributed by atoms with E-state index in [1.807, 2.05) is 54.0 Å². The lowest BCUT2D eigenvalue weighted by atomic mass is 10.0. The van der Waals surface area contributed by atoms with Crippen molar-refractivity contribution in [2.45, 2.75) is 37.9 Å². The number of benzene rings is 2. The number of hydrogen-bond donors (Lipinski definition) is 1. The molecule has 0 aliphatic carbocycles. The third kappa shape index (κ3) is 5.97. The van der Waals surface area contributed by atoms with Crippen LogP contribution < -0.4 is 10.1 Å². The van der Waals surface area contributed by atoms with Gasteiger partial charge in [-0.25, -0.2) is 0 Å². The van der Waals surface area contributed by atoms with Gasteiger partial charge in [0.05, 0.1) is 12.3 Å². The monoisotopic (exact) mass is 481 g/mol. The zero-order valence-corrected chi connectivity index (χ0v) is 20.5. The van der Waals surface area contributed by atoms with Crippen LogP contribution in [0.3, 0.4) is 0 Å². The van der Waals surface area contributed by atoms with Crippen molar-refractivity contribution in [3.8, 4) is 11.4 Å². The Kier molecular flexibility index (Phi) is 7.72. The number of aromatic nitrogens is 3. The Morgan fingerprint density at radius 3 is 2.55 bits per heavy atom. The number of nitrogens with zero attached hydrogens (tertiary/aromatic N) is 4. The number of hydrogen-bond acceptors (Lipinski definition) is 7. The van der Waals surface area contributed by atoms with Gasteiger partial charge < -0.3 is 10.1 Å². The Morgan fingerprint density at radius 2 is 1.88 bits per heavy atom. The molecule has 2 heterocycles. The maximum atomic E-state index is 12.4. The van der Waals surface area contributed by atoms with Gasteiger partial charge >= 0.3 is 0 Å². The minimum Gasteiger partial charge on any atom is -0.483 e. The summed E-state index contributed by atoms with van der Waals surface area (Å²) in [5.74, 6) is 2.94. The standard InChI is InChI=1S/C24H27N5O2S2/c1-16(2)18-9-11-20(12-10-18)31-17(3)22-27-28-24(29(22)19-7-5-4-6-8-19)33-15-21(30)26-23-25-13-14-32-23/h4-12,16-17H,13-15H2,1-3H3,(H,25,26,30). The van der Waals surface area contributed by atoms with Crippen molar-refractivity contribution in [1.82, 2.24) is 20.1 Å². The number of para-hydroxylation sites is 1. The molecule has 33 heavy (non-hydrogen) atoms. The predicted molar refractivity (Wildman–Crippen MR) is 135 cm³/mol. The molecule has 9 heteroatoms. The molecule has 1 N–H and O–H groups in total. The van der Waals surface area contributed by atoms with Gasteiger partial charge in [-0.2, -0.15) is 0 Å². The van der Waals surface area contributed by atoms with E-state index in [1.54, 1.807) is 11.8 Å². The highest BCUT2D eigenvalue weighted by Crippen LogP contribution is 2.28. The number of nitrogens with one attached hydrogen (secondary N) is 1. The highest BCUT2D eigenvalue weighted by molar-refractivity contribution is 8.14. The number of carbonyl (C=O) groups excluding carboxylic acids is 1. The molecule has 0 radical (unpaired) electrons. The number of ether oxygens (including phenoxy) is 1. The van der Waals surface area contributed by atoms with Crippen molar-refractivity contribution in [3.05, 3.63) is 66.0 Å². The van der Waals surface area contributed by atoms with E-state index >= 15 is 0 Å². The van der Waals surface area contributed by atoms with E-state index < -0.39 is 0 Å². The van der Waals surface area contributed by atoms with Crippen LogP contribution in [-0.2, 0) is 4.79 Å². The average Bonchev–Trinajstić information content (AvgIpc) is 3.48. The molecule has 0 fully saturated rings. The van der Waals surface area contributed by atoms with Gasteiger partial charge in [0.2, 0.25) is 5.91 Å². The van der Waals surface area contributed by atoms with Crippen LogP contribution >= 0.6 is 23.5 Å². The summed E-state index contributed by atoms with van der Waals surface area (Å²) in [4.78, 5) is 16.6. The summed E-state index contributed by atoms with van der Waals surface area (Å²) in [5.41, 5.74) is 2.18. The normalized spacial score (nSPS) is 14.2. The quantitative estimate of drug-likeness (QED) is 0.464. The molecule has 1 aromatic heterocycles. The largest absolute Gasteiger partial charge is 0.483 e. The summed E-state index contributed by atoms with van der Waals surface area (Å²) >= 11 is 2.90. The summed E-state index contributed by atoms with van der Waals surface area (Å²) in [7, 11) is 0. The van der Waals surface area contributed by atoms with Gasteiger partial charge in [-0.3, -0.25) is 14.4 Å². The number of rotatable bonds is 8. The Balaban J connectivity index is 1.52. The van der Waals surface area contributed by atoms with Gasteiger partial charge in [0.15, 0.2) is 22.3 Å². The number of carbonyl (C=O) groups is 1. The molecule has 2 aromatic carbocycles. The molecule has 0 saturated heterocycles. The number of amides is 1. The molecule has 1 aliphatic heterocycles. The maximum Gasteiger partial charge on any atom is 0.236 e. The SMILES string of the molecule is CC(C)c1ccc(OC(C)c2nnc(SCC(=O)NC3=NCCS3)n2-c2ccccc2)cc1. The third-order valence-electron chi connectivity index (χ3n) is 5.06. The zero-order chi connectivity index (χ0) is 23.2. The Hall–Kier alpha value is -2.78. The second-order valence-corrected chi connectivity index (χ2v) is 9.89. The molecule has 0 bridgehead atoms. The summed E-state index contributed by atoms with van der Waals surface area (Å²) in [6, 6.07) is 18.0. The van der Waals surface area contributed by atoms with E-state index in [-0.39, 0.29) is 17.8 Å². The highest BCUT2D eigenvalue weighted by Gasteiger charge is 2.22. The Morgan fingerprint density at radius 1 is 1.12 bits per heavy atom. The number of thioether (sulfide) groups is 2. The van der Waals surface area contributed by atoms with Crippen LogP contribution in [0.1, 0.15) is 44.2 Å². The molecule has 172 valence electrons. The molecule has 1 aliphatic rings. The minimum absolute atomic E-state index is 0.105. The van der Waals surface area contributed by atoms with E-state index in [4.69, 9.17) is 4.74 Å². The van der Waals surface area contributed by atoms with Crippen LogP contribution in [0.15, 0.2) is 64.7 Å². The van der Waals surface area contributed by atoms with Crippen LogP contribution in [0.2, 0.25) is 0 Å². The van der Waals surface area contributed by atoms with Crippen LogP contribution in [0.4, 0.5) is 0 Å². The van der Waals surface area contributed by atoms with Crippen molar-refractivity contribution in [3.63, 3.8) is 0 Å². The van der Waals surface area contributed by atoms with Crippen molar-refractivity contribution in [1.29, 1.82) is 0 Å². The molecule has 0 saturated carbocycles. The molecule has 1 unspecified atom stereocenters. The van der Waals surface area contributed by atoms with E-state index in [9.17, 15) is 4.79 Å². The van der Waals surface area contributed by atoms with Crippen molar-refractivity contribution in [2.24, 2.45) is 4.99 Å². The first-order chi connectivity index (χ1) is 16.0. The smallest absolute Gasteiger partial charge is 0.236 e. The topological polar surface area (TPSA) is 81.4 Å². The van der Waals surface area contributed by atoms with Gasteiger partial charge in [0.25, 0.3) is 0 Å². The third-order valence-corrected chi connectivity index (χ3v) is 6.88. The minimum atomic E-state index is -0.338. The summed E-state index contributed by atoms with van der Waals surface area (Å²) in [5, 5.41) is 13.0. The van der Waals surface area contributed by atoms with Crippen LogP contribution in [0.25, 0.3) is 5.69 Å². The van der Waals surface area contributed by atoms with Crippen LogP contribution in [-0.4, -0.2) is 43.9 Å². The molecule has 3 aromatic rings. The van der Waals surface area contributed by atoms with Crippen molar-refractivity contribution < 1.29 is 9.53 Å².